The predicted molar refractivity (Wildman–Crippen MR) is 142 cm³/mol. The number of anilines is 1. The van der Waals surface area contributed by atoms with Crippen molar-refractivity contribution < 1.29 is 28.2 Å². The van der Waals surface area contributed by atoms with Crippen molar-refractivity contribution in [1.82, 2.24) is 15.2 Å². The lowest BCUT2D eigenvalue weighted by atomic mass is 10.1. The number of alkyl halides is 1. The van der Waals surface area contributed by atoms with Gasteiger partial charge in [0, 0.05) is 32.4 Å². The molecule has 208 valence electrons. The number of aliphatic carboxylic acids is 1. The summed E-state index contributed by atoms with van der Waals surface area (Å²) in [5.41, 5.74) is 2.10. The molecule has 1 aromatic carbocycles. The second-order valence-corrected chi connectivity index (χ2v) is 9.74. The molecule has 1 aliphatic heterocycles. The fraction of sp³-hybridized carbons (Fsp3) is 0.519. The Kier molecular flexibility index (Phi) is 11.7. The molecule has 2 unspecified atom stereocenters. The molecule has 0 radical (unpaired) electrons. The number of nitrogens with zero attached hydrogens (tertiary/aromatic N) is 2. The van der Waals surface area contributed by atoms with Crippen LogP contribution in [-0.4, -0.2) is 79.0 Å². The quantitative estimate of drug-likeness (QED) is 0.286. The third-order valence-electron chi connectivity index (χ3n) is 6.61. The average molecular weight is 553 g/mol. The molecule has 11 heteroatoms. The highest BCUT2D eigenvalue weighted by Crippen LogP contribution is 2.21. The number of ether oxygens (including phenoxy) is 1. The van der Waals surface area contributed by atoms with Gasteiger partial charge in [-0.2, -0.15) is 0 Å². The van der Waals surface area contributed by atoms with Crippen molar-refractivity contribution in [3.63, 3.8) is 0 Å². The third kappa shape index (κ3) is 8.61. The highest BCUT2D eigenvalue weighted by Gasteiger charge is 2.24. The molecular formula is C27H35ClF2N4O4. The summed E-state index contributed by atoms with van der Waals surface area (Å²) in [5, 5.41) is 15.1. The Labute approximate surface area is 226 Å². The largest absolute Gasteiger partial charge is 0.480 e. The lowest BCUT2D eigenvalue weighted by Gasteiger charge is -2.27. The van der Waals surface area contributed by atoms with Gasteiger partial charge in [0.25, 0.3) is 5.91 Å². The Hall–Kier alpha value is -2.82. The van der Waals surface area contributed by atoms with Gasteiger partial charge in [0.05, 0.1) is 16.7 Å². The van der Waals surface area contributed by atoms with Crippen molar-refractivity contribution in [3.05, 3.63) is 58.0 Å². The molecule has 0 saturated heterocycles. The second-order valence-electron chi connectivity index (χ2n) is 9.36. The van der Waals surface area contributed by atoms with Crippen LogP contribution in [0.4, 0.5) is 14.6 Å². The van der Waals surface area contributed by atoms with Crippen LogP contribution in [0.1, 0.15) is 47.3 Å². The lowest BCUT2D eigenvalue weighted by Crippen LogP contribution is -2.44. The number of aromatic nitrogens is 1. The molecule has 1 aliphatic rings. The predicted octanol–water partition coefficient (Wildman–Crippen LogP) is 4.11. The minimum Gasteiger partial charge on any atom is -0.480 e. The number of pyridine rings is 1. The zero-order valence-corrected chi connectivity index (χ0v) is 22.3. The fourth-order valence-electron chi connectivity index (χ4n) is 4.40. The van der Waals surface area contributed by atoms with Gasteiger partial charge in [-0.25, -0.2) is 18.6 Å². The molecule has 0 bridgehead atoms. The summed E-state index contributed by atoms with van der Waals surface area (Å²) in [6.45, 7) is 1.43. The molecule has 8 nitrogen and oxygen atoms in total. The first kappa shape index (κ1) is 29.7. The zero-order valence-electron chi connectivity index (χ0n) is 21.5. The van der Waals surface area contributed by atoms with E-state index < -0.39 is 36.5 Å². The minimum atomic E-state index is -1.23. The molecule has 2 atom stereocenters. The molecule has 1 amide bonds. The van der Waals surface area contributed by atoms with Crippen LogP contribution in [0.2, 0.25) is 5.02 Å². The molecule has 0 aliphatic carbocycles. The molecule has 3 N–H and O–H groups in total. The van der Waals surface area contributed by atoms with Crippen LogP contribution < -0.4 is 10.6 Å². The maximum absolute atomic E-state index is 13.7. The van der Waals surface area contributed by atoms with E-state index in [9.17, 15) is 23.5 Å². The van der Waals surface area contributed by atoms with E-state index in [1.807, 2.05) is 4.90 Å². The summed E-state index contributed by atoms with van der Waals surface area (Å²) in [6, 6.07) is 6.70. The Balaban J connectivity index is 1.55. The van der Waals surface area contributed by atoms with E-state index in [0.717, 1.165) is 56.2 Å². The number of carboxylic acids is 1. The minimum absolute atomic E-state index is 0.0643. The highest BCUT2D eigenvalue weighted by molar-refractivity contribution is 6.34. The Bertz CT molecular complexity index is 1090. The van der Waals surface area contributed by atoms with Crippen molar-refractivity contribution in [2.75, 3.05) is 45.3 Å². The summed E-state index contributed by atoms with van der Waals surface area (Å²) in [6.07, 6.45) is 4.00. The number of nitrogens with one attached hydrogen (secondary N) is 2. The lowest BCUT2D eigenvalue weighted by molar-refractivity contribution is -0.139. The van der Waals surface area contributed by atoms with E-state index in [-0.39, 0.29) is 30.1 Å². The molecule has 2 aromatic rings. The van der Waals surface area contributed by atoms with Gasteiger partial charge in [-0.15, -0.1) is 0 Å². The number of methoxy groups -OCH3 is 1. The highest BCUT2D eigenvalue weighted by atomic mass is 35.5. The number of halogens is 3. The number of carboxylic acid groups (broad SMARTS) is 1. The number of amides is 1. The van der Waals surface area contributed by atoms with Crippen molar-refractivity contribution in [3.8, 4) is 0 Å². The normalized spacial score (nSPS) is 14.4. The van der Waals surface area contributed by atoms with E-state index in [4.69, 9.17) is 21.3 Å². The number of benzene rings is 1. The van der Waals surface area contributed by atoms with E-state index in [1.54, 1.807) is 0 Å². The Morgan fingerprint density at radius 3 is 2.82 bits per heavy atom. The second kappa shape index (κ2) is 14.9. The fourth-order valence-corrected chi connectivity index (χ4v) is 4.61. The smallest absolute Gasteiger partial charge is 0.326 e. The van der Waals surface area contributed by atoms with Gasteiger partial charge in [-0.05, 0) is 68.8 Å². The number of hydrogen-bond acceptors (Lipinski definition) is 6. The zero-order chi connectivity index (χ0) is 27.5. The summed E-state index contributed by atoms with van der Waals surface area (Å²) < 4.78 is 32.3. The average Bonchev–Trinajstić information content (AvgIpc) is 2.92. The summed E-state index contributed by atoms with van der Waals surface area (Å²) >= 11 is 5.87. The summed E-state index contributed by atoms with van der Waals surface area (Å²) in [4.78, 5) is 31.1. The van der Waals surface area contributed by atoms with E-state index >= 15 is 0 Å². The number of carbonyl (C=O) groups is 2. The van der Waals surface area contributed by atoms with Gasteiger partial charge in [0.15, 0.2) is 0 Å². The van der Waals surface area contributed by atoms with Crippen LogP contribution in [0.15, 0.2) is 30.3 Å². The Morgan fingerprint density at radius 2 is 2.08 bits per heavy atom. The van der Waals surface area contributed by atoms with E-state index in [2.05, 4.69) is 22.8 Å². The van der Waals surface area contributed by atoms with E-state index in [1.165, 1.54) is 24.8 Å². The van der Waals surface area contributed by atoms with Gasteiger partial charge in [0.2, 0.25) is 0 Å². The van der Waals surface area contributed by atoms with Crippen LogP contribution >= 0.6 is 11.6 Å². The summed E-state index contributed by atoms with van der Waals surface area (Å²) in [7, 11) is 1.43. The van der Waals surface area contributed by atoms with Gasteiger partial charge in [-0.3, -0.25) is 4.79 Å². The van der Waals surface area contributed by atoms with Crippen LogP contribution in [0.5, 0.6) is 0 Å². The molecule has 38 heavy (non-hydrogen) atoms. The first-order valence-electron chi connectivity index (χ1n) is 12.8. The van der Waals surface area contributed by atoms with Gasteiger partial charge in [0.1, 0.15) is 24.4 Å². The first-order chi connectivity index (χ1) is 18.3. The SMILES string of the molecule is COC(CF)CN(CCCCc1ccc2c(n1)NCCC2)CCC(NC(=O)c1cccc(F)c1Cl)C(=O)O. The molecule has 0 spiro atoms. The Morgan fingerprint density at radius 1 is 1.26 bits per heavy atom. The number of rotatable bonds is 15. The number of fused-ring (bicyclic) bond motifs is 1. The van der Waals surface area contributed by atoms with Crippen molar-refractivity contribution in [1.29, 1.82) is 0 Å². The number of carbonyl (C=O) groups excluding carboxylic acids is 1. The van der Waals surface area contributed by atoms with Gasteiger partial charge in [-0.1, -0.05) is 23.7 Å². The standard InChI is InChI=1S/C27H35ClF2N4O4/c1-38-20(16-29)17-34(14-3-2-7-19-11-10-18-6-5-13-31-25(18)32-19)15-12-23(27(36)37)33-26(35)21-8-4-9-22(30)24(21)28/h4,8-11,20,23H,2-3,5-7,12-17H2,1H3,(H,31,32)(H,33,35)(H,36,37). The van der Waals surface area contributed by atoms with E-state index in [0.29, 0.717) is 6.54 Å². The molecule has 1 aromatic heterocycles. The van der Waals surface area contributed by atoms with Gasteiger partial charge < -0.3 is 25.4 Å². The van der Waals surface area contributed by atoms with Crippen LogP contribution in [-0.2, 0) is 22.4 Å². The molecule has 2 heterocycles. The molecule has 3 rings (SSSR count). The topological polar surface area (TPSA) is 104 Å². The first-order valence-corrected chi connectivity index (χ1v) is 13.2. The monoisotopic (exact) mass is 552 g/mol. The third-order valence-corrected chi connectivity index (χ3v) is 6.99. The maximum Gasteiger partial charge on any atom is 0.326 e. The maximum atomic E-state index is 13.7. The molecule has 0 fully saturated rings. The van der Waals surface area contributed by atoms with Crippen molar-refractivity contribution >= 4 is 29.3 Å². The summed E-state index contributed by atoms with van der Waals surface area (Å²) in [5.74, 6) is -1.82. The number of aryl methyl sites for hydroxylation is 2. The van der Waals surface area contributed by atoms with Gasteiger partial charge >= 0.3 is 5.97 Å². The number of hydrogen-bond donors (Lipinski definition) is 3. The number of unbranched alkanes of at least 4 members (excludes halogenated alkanes) is 1. The van der Waals surface area contributed by atoms with Crippen LogP contribution in [0, 0.1) is 5.82 Å². The van der Waals surface area contributed by atoms with Crippen molar-refractivity contribution in [2.24, 2.45) is 0 Å². The molecule has 0 saturated carbocycles. The van der Waals surface area contributed by atoms with Crippen LogP contribution in [0.25, 0.3) is 0 Å². The van der Waals surface area contributed by atoms with Crippen LogP contribution in [0.3, 0.4) is 0 Å². The van der Waals surface area contributed by atoms with Crippen molar-refractivity contribution in [2.45, 2.75) is 50.7 Å². The molecular weight excluding hydrogens is 518 g/mol.